The second-order valence-electron chi connectivity index (χ2n) is 6.78. The number of amides is 1. The largest absolute Gasteiger partial charge is 0.490 e. The summed E-state index contributed by atoms with van der Waals surface area (Å²) in [5, 5.41) is 11.8. The van der Waals surface area contributed by atoms with Gasteiger partial charge in [-0.15, -0.1) is 16.9 Å². The van der Waals surface area contributed by atoms with Crippen LogP contribution >= 0.6 is 11.8 Å². The number of aromatic nitrogens is 2. The first kappa shape index (κ1) is 20.0. The molecule has 0 atom stereocenters. The highest BCUT2D eigenvalue weighted by Crippen LogP contribution is 2.30. The number of carbonyl (C=O) groups excluding carboxylic acids is 1. The Morgan fingerprint density at radius 3 is 2.77 bits per heavy atom. The van der Waals surface area contributed by atoms with Crippen LogP contribution in [0, 0.1) is 0 Å². The lowest BCUT2D eigenvalue weighted by Crippen LogP contribution is -2.10. The van der Waals surface area contributed by atoms with Gasteiger partial charge in [0.15, 0.2) is 17.1 Å². The minimum atomic E-state index is -0.479. The first-order valence-electron chi connectivity index (χ1n) is 9.61. The summed E-state index contributed by atoms with van der Waals surface area (Å²) in [5.74, 6) is 0.577. The number of para-hydroxylation sites is 1. The number of rotatable bonds is 7. The van der Waals surface area contributed by atoms with Crippen molar-refractivity contribution >= 4 is 34.7 Å². The van der Waals surface area contributed by atoms with Crippen LogP contribution in [0.1, 0.15) is 31.3 Å². The van der Waals surface area contributed by atoms with E-state index in [2.05, 4.69) is 29.4 Å². The maximum atomic E-state index is 12.6. The minimum absolute atomic E-state index is 0.00223. The molecule has 0 fully saturated rings. The zero-order valence-corrected chi connectivity index (χ0v) is 17.7. The molecule has 0 saturated heterocycles. The van der Waals surface area contributed by atoms with Crippen LogP contribution in [0.15, 0.2) is 62.3 Å². The molecular weight excluding hydrogens is 402 g/mol. The summed E-state index contributed by atoms with van der Waals surface area (Å²) in [6.07, 6.45) is 0. The number of hydrogen-bond acceptors (Lipinski definition) is 7. The van der Waals surface area contributed by atoms with Crippen LogP contribution in [0.3, 0.4) is 0 Å². The van der Waals surface area contributed by atoms with E-state index in [4.69, 9.17) is 13.6 Å². The van der Waals surface area contributed by atoms with E-state index < -0.39 is 5.91 Å². The van der Waals surface area contributed by atoms with Crippen molar-refractivity contribution in [1.82, 2.24) is 10.2 Å². The molecule has 2 aromatic heterocycles. The summed E-state index contributed by atoms with van der Waals surface area (Å²) >= 11 is 1.75. The van der Waals surface area contributed by atoms with Gasteiger partial charge >= 0.3 is 6.01 Å². The molecule has 0 spiro atoms. The Balaban J connectivity index is 1.52. The van der Waals surface area contributed by atoms with Crippen LogP contribution in [-0.2, 0) is 0 Å². The van der Waals surface area contributed by atoms with Gasteiger partial charge < -0.3 is 13.6 Å². The van der Waals surface area contributed by atoms with Gasteiger partial charge in [0.2, 0.25) is 5.89 Å². The van der Waals surface area contributed by atoms with Crippen molar-refractivity contribution < 1.29 is 18.4 Å². The molecular formula is C22H21N3O4S. The summed E-state index contributed by atoms with van der Waals surface area (Å²) in [7, 11) is 0. The molecule has 1 N–H and O–H groups in total. The zero-order chi connectivity index (χ0) is 21.1. The normalized spacial score (nSPS) is 11.2. The standard InChI is InChI=1S/C22H21N3O4S/c1-4-27-17-10-6-7-14-12-18(28-19(14)17)20(26)23-22-25-24-21(29-22)15-8-5-9-16(11-15)30-13(2)3/h5-13H,4H2,1-3H3,(H,23,25,26). The molecule has 8 heteroatoms. The van der Waals surface area contributed by atoms with Gasteiger partial charge in [0.05, 0.1) is 6.61 Å². The molecule has 30 heavy (non-hydrogen) atoms. The van der Waals surface area contributed by atoms with Crippen molar-refractivity contribution in [3.05, 3.63) is 54.3 Å². The summed E-state index contributed by atoms with van der Waals surface area (Å²) in [5.41, 5.74) is 1.31. The summed E-state index contributed by atoms with van der Waals surface area (Å²) in [6, 6.07) is 15.0. The van der Waals surface area contributed by atoms with Gasteiger partial charge in [0, 0.05) is 21.1 Å². The van der Waals surface area contributed by atoms with Crippen LogP contribution < -0.4 is 10.1 Å². The molecule has 154 valence electrons. The Hall–Kier alpha value is -3.26. The number of nitrogens with zero attached hydrogens (tertiary/aromatic N) is 2. The summed E-state index contributed by atoms with van der Waals surface area (Å²) < 4.78 is 16.9. The fourth-order valence-corrected chi connectivity index (χ4v) is 3.84. The Labute approximate surface area is 177 Å². The Kier molecular flexibility index (Phi) is 5.76. The summed E-state index contributed by atoms with van der Waals surface area (Å²) in [6.45, 7) is 6.66. The molecule has 0 unspecified atom stereocenters. The van der Waals surface area contributed by atoms with E-state index in [-0.39, 0.29) is 11.8 Å². The van der Waals surface area contributed by atoms with Gasteiger partial charge in [-0.2, -0.15) is 0 Å². The average molecular weight is 423 g/mol. The third kappa shape index (κ3) is 4.33. The number of furan rings is 1. The maximum Gasteiger partial charge on any atom is 0.322 e. The van der Waals surface area contributed by atoms with Crippen LogP contribution in [0.5, 0.6) is 5.75 Å². The molecule has 0 bridgehead atoms. The van der Waals surface area contributed by atoms with Crippen LogP contribution in [-0.4, -0.2) is 28.0 Å². The lowest BCUT2D eigenvalue weighted by atomic mass is 10.2. The Morgan fingerprint density at radius 2 is 1.97 bits per heavy atom. The fourth-order valence-electron chi connectivity index (χ4n) is 2.94. The molecule has 7 nitrogen and oxygen atoms in total. The van der Waals surface area contributed by atoms with E-state index in [1.165, 1.54) is 0 Å². The van der Waals surface area contributed by atoms with E-state index in [0.29, 0.717) is 29.1 Å². The molecule has 2 heterocycles. The van der Waals surface area contributed by atoms with E-state index >= 15 is 0 Å². The second-order valence-corrected chi connectivity index (χ2v) is 8.43. The monoisotopic (exact) mass is 423 g/mol. The molecule has 0 radical (unpaired) electrons. The predicted octanol–water partition coefficient (Wildman–Crippen LogP) is 5.63. The number of fused-ring (bicyclic) bond motifs is 1. The molecule has 0 saturated carbocycles. The lowest BCUT2D eigenvalue weighted by molar-refractivity contribution is 0.0995. The SMILES string of the molecule is CCOc1cccc2cc(C(=O)Nc3nnc(-c4cccc(SC(C)C)c4)o3)oc12. The first-order valence-corrected chi connectivity index (χ1v) is 10.5. The second kappa shape index (κ2) is 8.62. The molecule has 1 amide bonds. The van der Waals surface area contributed by atoms with E-state index in [9.17, 15) is 4.79 Å². The van der Waals surface area contributed by atoms with Crippen LogP contribution in [0.2, 0.25) is 0 Å². The first-order chi connectivity index (χ1) is 14.5. The smallest absolute Gasteiger partial charge is 0.322 e. The van der Waals surface area contributed by atoms with Gasteiger partial charge in [-0.3, -0.25) is 10.1 Å². The lowest BCUT2D eigenvalue weighted by Gasteiger charge is -2.05. The quantitative estimate of drug-likeness (QED) is 0.385. The molecule has 2 aromatic carbocycles. The van der Waals surface area contributed by atoms with Gasteiger partial charge in [0.1, 0.15) is 0 Å². The number of benzene rings is 2. The summed E-state index contributed by atoms with van der Waals surface area (Å²) in [4.78, 5) is 13.7. The van der Waals surface area contributed by atoms with Gasteiger partial charge in [-0.1, -0.05) is 37.1 Å². The van der Waals surface area contributed by atoms with Crippen molar-refractivity contribution in [2.45, 2.75) is 30.9 Å². The highest BCUT2D eigenvalue weighted by atomic mass is 32.2. The highest BCUT2D eigenvalue weighted by molar-refractivity contribution is 7.99. The van der Waals surface area contributed by atoms with E-state index in [1.54, 1.807) is 23.9 Å². The molecule has 0 aliphatic heterocycles. The number of carbonyl (C=O) groups is 1. The van der Waals surface area contributed by atoms with Gasteiger partial charge in [-0.05, 0) is 37.3 Å². The Morgan fingerprint density at radius 1 is 1.13 bits per heavy atom. The van der Waals surface area contributed by atoms with Crippen molar-refractivity contribution in [1.29, 1.82) is 0 Å². The number of nitrogens with one attached hydrogen (secondary N) is 1. The number of ether oxygens (including phenoxy) is 1. The van der Waals surface area contributed by atoms with E-state index in [1.807, 2.05) is 43.3 Å². The van der Waals surface area contributed by atoms with Crippen LogP contribution in [0.4, 0.5) is 6.01 Å². The van der Waals surface area contributed by atoms with Crippen LogP contribution in [0.25, 0.3) is 22.4 Å². The molecule has 4 aromatic rings. The third-order valence-electron chi connectivity index (χ3n) is 4.13. The van der Waals surface area contributed by atoms with Crippen molar-refractivity contribution in [3.63, 3.8) is 0 Å². The fraction of sp³-hybridized carbons (Fsp3) is 0.227. The Bertz CT molecular complexity index is 1180. The predicted molar refractivity (Wildman–Crippen MR) is 116 cm³/mol. The molecule has 0 aliphatic rings. The zero-order valence-electron chi connectivity index (χ0n) is 16.8. The van der Waals surface area contributed by atoms with Gasteiger partial charge in [0.25, 0.3) is 5.91 Å². The number of thioether (sulfide) groups is 1. The van der Waals surface area contributed by atoms with Crippen molar-refractivity contribution in [2.75, 3.05) is 11.9 Å². The molecule has 4 rings (SSSR count). The van der Waals surface area contributed by atoms with Gasteiger partial charge in [-0.25, -0.2) is 0 Å². The molecule has 0 aliphatic carbocycles. The maximum absolute atomic E-state index is 12.6. The third-order valence-corrected chi connectivity index (χ3v) is 5.13. The number of anilines is 1. The van der Waals surface area contributed by atoms with E-state index in [0.717, 1.165) is 15.8 Å². The van der Waals surface area contributed by atoms with Crippen molar-refractivity contribution in [3.8, 4) is 17.2 Å². The number of hydrogen-bond donors (Lipinski definition) is 1. The van der Waals surface area contributed by atoms with Crippen molar-refractivity contribution in [2.24, 2.45) is 0 Å². The average Bonchev–Trinajstić information content (AvgIpc) is 3.35. The topological polar surface area (TPSA) is 90.4 Å². The highest BCUT2D eigenvalue weighted by Gasteiger charge is 2.18. The minimum Gasteiger partial charge on any atom is -0.490 e.